The average molecular weight is 334 g/mol. The molecule has 0 radical (unpaired) electrons. The molecular weight excluding hydrogens is 326 g/mol. The fraction of sp³-hybridized carbons (Fsp3) is 0.375. The normalized spacial score (nSPS) is 10.7. The molecule has 78 valence electrons. The maximum absolute atomic E-state index is 12.7. The molecule has 0 aromatic carbocycles. The molecule has 1 heterocycles. The zero-order valence-electron chi connectivity index (χ0n) is 7.23. The van der Waals surface area contributed by atoms with Gasteiger partial charge in [-0.2, -0.15) is 0 Å². The second kappa shape index (κ2) is 5.06. The zero-order chi connectivity index (χ0) is 10.7. The van der Waals surface area contributed by atoms with Crippen molar-refractivity contribution in [2.75, 3.05) is 7.11 Å². The third-order valence-electron chi connectivity index (χ3n) is 1.68. The van der Waals surface area contributed by atoms with Gasteiger partial charge in [-0.1, -0.05) is 0 Å². The third-order valence-corrected chi connectivity index (χ3v) is 2.88. The van der Waals surface area contributed by atoms with Gasteiger partial charge in [0.25, 0.3) is 6.43 Å². The number of aromatic nitrogens is 1. The molecule has 0 saturated heterocycles. The predicted octanol–water partition coefficient (Wildman–Crippen LogP) is 3.37. The van der Waals surface area contributed by atoms with Gasteiger partial charge in [0.2, 0.25) is 5.88 Å². The Morgan fingerprint density at radius 3 is 2.71 bits per heavy atom. The van der Waals surface area contributed by atoms with Crippen LogP contribution in [0.15, 0.2) is 6.20 Å². The Morgan fingerprint density at radius 1 is 1.64 bits per heavy atom. The van der Waals surface area contributed by atoms with Gasteiger partial charge in [0, 0.05) is 15.6 Å². The minimum Gasteiger partial charge on any atom is -0.481 e. The second-order valence-electron chi connectivity index (χ2n) is 2.44. The number of ether oxygens (including phenoxy) is 1. The molecule has 0 unspecified atom stereocenters. The molecule has 2 nitrogen and oxygen atoms in total. The molecule has 0 N–H and O–H groups in total. The average Bonchev–Trinajstić information content (AvgIpc) is 2.17. The number of methoxy groups -OCH3 is 1. The quantitative estimate of drug-likeness (QED) is 0.625. The first-order chi connectivity index (χ1) is 6.61. The highest BCUT2D eigenvalue weighted by Crippen LogP contribution is 2.33. The smallest absolute Gasteiger partial charge is 0.269 e. The van der Waals surface area contributed by atoms with E-state index in [0.29, 0.717) is 9.13 Å². The number of pyridine rings is 1. The van der Waals surface area contributed by atoms with Crippen molar-refractivity contribution in [3.63, 3.8) is 0 Å². The Bertz CT molecular complexity index is 335. The molecule has 0 amide bonds. The van der Waals surface area contributed by atoms with E-state index in [1.165, 1.54) is 13.3 Å². The largest absolute Gasteiger partial charge is 0.481 e. The van der Waals surface area contributed by atoms with Crippen molar-refractivity contribution in [3.05, 3.63) is 20.9 Å². The molecule has 0 saturated carbocycles. The Labute approximate surface area is 98.8 Å². The zero-order valence-corrected chi connectivity index (χ0v) is 10.1. The molecule has 1 aromatic rings. The minimum atomic E-state index is -2.62. The molecule has 0 fully saturated rings. The number of rotatable bonds is 3. The predicted molar refractivity (Wildman–Crippen MR) is 58.0 cm³/mol. The van der Waals surface area contributed by atoms with Crippen molar-refractivity contribution < 1.29 is 13.5 Å². The Kier molecular flexibility index (Phi) is 4.31. The lowest BCUT2D eigenvalue weighted by Crippen LogP contribution is -2.02. The van der Waals surface area contributed by atoms with E-state index >= 15 is 0 Å². The van der Waals surface area contributed by atoms with Crippen LogP contribution in [0, 0.1) is 3.57 Å². The fourth-order valence-corrected chi connectivity index (χ4v) is 2.18. The van der Waals surface area contributed by atoms with E-state index in [-0.39, 0.29) is 17.3 Å². The molecule has 0 aliphatic rings. The summed E-state index contributed by atoms with van der Waals surface area (Å²) in [6.07, 6.45) is -1.16. The van der Waals surface area contributed by atoms with Gasteiger partial charge in [-0.25, -0.2) is 13.8 Å². The van der Waals surface area contributed by atoms with E-state index in [9.17, 15) is 8.78 Å². The van der Waals surface area contributed by atoms with Crippen LogP contribution in [0.25, 0.3) is 0 Å². The van der Waals surface area contributed by atoms with Crippen molar-refractivity contribution in [3.8, 4) is 5.88 Å². The van der Waals surface area contributed by atoms with Gasteiger partial charge in [-0.05, 0) is 28.2 Å². The minimum absolute atomic E-state index is 0.0246. The lowest BCUT2D eigenvalue weighted by Gasteiger charge is -2.11. The Morgan fingerprint density at radius 2 is 2.29 bits per heavy atom. The van der Waals surface area contributed by atoms with Gasteiger partial charge in [0.05, 0.1) is 12.7 Å². The van der Waals surface area contributed by atoms with Crippen molar-refractivity contribution in [1.29, 1.82) is 0 Å². The Hall–Kier alpha value is -0.170. The van der Waals surface area contributed by atoms with E-state index in [1.54, 1.807) is 0 Å². The monoisotopic (exact) mass is 333 g/mol. The summed E-state index contributed by atoms with van der Waals surface area (Å²) >= 11 is 7.51. The summed E-state index contributed by atoms with van der Waals surface area (Å²) in [5.41, 5.74) is 0.170. The third kappa shape index (κ3) is 2.25. The maximum Gasteiger partial charge on any atom is 0.269 e. The molecule has 1 aromatic heterocycles. The number of hydrogen-bond acceptors (Lipinski definition) is 2. The molecule has 1 rings (SSSR count). The maximum atomic E-state index is 12.7. The van der Waals surface area contributed by atoms with Crippen LogP contribution in [0.2, 0.25) is 0 Å². The summed E-state index contributed by atoms with van der Waals surface area (Å²) in [4.78, 5) is 3.76. The van der Waals surface area contributed by atoms with Gasteiger partial charge in [-0.3, -0.25) is 0 Å². The van der Waals surface area contributed by atoms with Crippen LogP contribution in [0.1, 0.15) is 17.6 Å². The number of nitrogens with zero attached hydrogens (tertiary/aromatic N) is 1. The lowest BCUT2D eigenvalue weighted by molar-refractivity contribution is 0.145. The molecular formula is C8H7ClF2INO. The van der Waals surface area contributed by atoms with Gasteiger partial charge in [0.1, 0.15) is 0 Å². The van der Waals surface area contributed by atoms with Gasteiger partial charge in [0.15, 0.2) is 0 Å². The van der Waals surface area contributed by atoms with Gasteiger partial charge < -0.3 is 4.74 Å². The highest BCUT2D eigenvalue weighted by molar-refractivity contribution is 14.1. The van der Waals surface area contributed by atoms with E-state index in [4.69, 9.17) is 16.3 Å². The van der Waals surface area contributed by atoms with Crippen LogP contribution in [0.4, 0.5) is 8.78 Å². The molecule has 0 atom stereocenters. The summed E-state index contributed by atoms with van der Waals surface area (Å²) in [5, 5.41) is 0. The van der Waals surface area contributed by atoms with Gasteiger partial charge in [-0.15, -0.1) is 11.6 Å². The SMILES string of the molecule is COc1ncc(I)c(CCl)c1C(F)F. The Balaban J connectivity index is 3.36. The topological polar surface area (TPSA) is 22.1 Å². The van der Waals surface area contributed by atoms with Crippen LogP contribution < -0.4 is 4.74 Å². The van der Waals surface area contributed by atoms with Crippen LogP contribution in [-0.2, 0) is 5.88 Å². The number of halogens is 4. The van der Waals surface area contributed by atoms with E-state index in [2.05, 4.69) is 4.98 Å². The molecule has 14 heavy (non-hydrogen) atoms. The fourth-order valence-electron chi connectivity index (χ4n) is 1.04. The number of hydrogen-bond donors (Lipinski definition) is 0. The standard InChI is InChI=1S/C8H7ClF2INO/c1-14-8-6(7(10)11)4(2-9)5(12)3-13-8/h3,7H,2H2,1H3. The van der Waals surface area contributed by atoms with Crippen LogP contribution >= 0.6 is 34.2 Å². The summed E-state index contributed by atoms with van der Waals surface area (Å²) in [7, 11) is 1.30. The van der Waals surface area contributed by atoms with Crippen molar-refractivity contribution in [2.45, 2.75) is 12.3 Å². The first-order valence-corrected chi connectivity index (χ1v) is 5.28. The summed E-state index contributed by atoms with van der Waals surface area (Å²) < 4.78 is 30.7. The van der Waals surface area contributed by atoms with Crippen molar-refractivity contribution in [2.24, 2.45) is 0 Å². The van der Waals surface area contributed by atoms with Gasteiger partial charge >= 0.3 is 0 Å². The van der Waals surface area contributed by atoms with Crippen LogP contribution in [0.5, 0.6) is 5.88 Å². The van der Waals surface area contributed by atoms with Crippen LogP contribution in [-0.4, -0.2) is 12.1 Å². The highest BCUT2D eigenvalue weighted by atomic mass is 127. The molecule has 0 spiro atoms. The van der Waals surface area contributed by atoms with E-state index in [1.807, 2.05) is 22.6 Å². The van der Waals surface area contributed by atoms with Crippen molar-refractivity contribution >= 4 is 34.2 Å². The summed E-state index contributed by atoms with van der Waals surface area (Å²) in [5.74, 6) is -0.0346. The first-order valence-electron chi connectivity index (χ1n) is 3.67. The van der Waals surface area contributed by atoms with Crippen LogP contribution in [0.3, 0.4) is 0 Å². The number of alkyl halides is 3. The lowest BCUT2D eigenvalue weighted by atomic mass is 10.1. The highest BCUT2D eigenvalue weighted by Gasteiger charge is 2.21. The first kappa shape index (κ1) is 11.9. The summed E-state index contributed by atoms with van der Waals surface area (Å²) in [6.45, 7) is 0. The summed E-state index contributed by atoms with van der Waals surface area (Å²) in [6, 6.07) is 0. The van der Waals surface area contributed by atoms with E-state index < -0.39 is 6.43 Å². The molecule has 0 bridgehead atoms. The second-order valence-corrected chi connectivity index (χ2v) is 3.87. The molecule has 6 heteroatoms. The van der Waals surface area contributed by atoms with Crippen molar-refractivity contribution in [1.82, 2.24) is 4.98 Å². The molecule has 0 aliphatic heterocycles. The molecule has 0 aliphatic carbocycles. The van der Waals surface area contributed by atoms with E-state index in [0.717, 1.165) is 0 Å².